The number of piperidine rings is 1. The van der Waals surface area contributed by atoms with Gasteiger partial charge in [0.25, 0.3) is 5.91 Å². The zero-order valence-corrected chi connectivity index (χ0v) is 18.7. The first-order valence-corrected chi connectivity index (χ1v) is 11.4. The van der Waals surface area contributed by atoms with Crippen LogP contribution in [0.5, 0.6) is 0 Å². The van der Waals surface area contributed by atoms with E-state index in [0.717, 1.165) is 59.9 Å². The van der Waals surface area contributed by atoms with Crippen LogP contribution in [-0.4, -0.2) is 57.4 Å². The number of tetrazole rings is 1. The van der Waals surface area contributed by atoms with E-state index in [1.807, 2.05) is 19.9 Å². The summed E-state index contributed by atoms with van der Waals surface area (Å²) in [6.07, 6.45) is 2.88. The summed E-state index contributed by atoms with van der Waals surface area (Å²) in [4.78, 5) is 19.8. The van der Waals surface area contributed by atoms with Crippen LogP contribution in [0.25, 0.3) is 10.2 Å². The highest BCUT2D eigenvalue weighted by molar-refractivity contribution is 7.21. The fourth-order valence-electron chi connectivity index (χ4n) is 4.13. The number of primary amides is 1. The van der Waals surface area contributed by atoms with Gasteiger partial charge in [-0.2, -0.15) is 0 Å². The summed E-state index contributed by atoms with van der Waals surface area (Å²) in [5, 5.41) is 12.5. The lowest BCUT2D eigenvalue weighted by molar-refractivity contribution is 0.0944. The number of hydrogen-bond acceptors (Lipinski definition) is 9. The molecule has 4 heterocycles. The maximum absolute atomic E-state index is 11.8. The summed E-state index contributed by atoms with van der Waals surface area (Å²) in [5.41, 5.74) is 14.2. The first-order valence-electron chi connectivity index (χ1n) is 10.5. The smallest absolute Gasteiger partial charge is 0.260 e. The highest BCUT2D eigenvalue weighted by Gasteiger charge is 2.25. The molecule has 1 amide bonds. The minimum absolute atomic E-state index is 0.376. The van der Waals surface area contributed by atoms with Crippen molar-refractivity contribution < 1.29 is 9.53 Å². The Labute approximate surface area is 184 Å². The third kappa shape index (κ3) is 4.47. The number of nitrogen functional groups attached to an aromatic ring is 1. The van der Waals surface area contributed by atoms with Crippen LogP contribution in [0.15, 0.2) is 6.07 Å². The lowest BCUT2D eigenvalue weighted by Gasteiger charge is -2.35. The van der Waals surface area contributed by atoms with Gasteiger partial charge in [-0.3, -0.25) is 4.79 Å². The van der Waals surface area contributed by atoms with Crippen molar-refractivity contribution in [1.82, 2.24) is 25.2 Å². The average Bonchev–Trinajstić information content (AvgIpc) is 3.34. The van der Waals surface area contributed by atoms with E-state index in [4.69, 9.17) is 16.2 Å². The number of aryl methyl sites for hydroxylation is 2. The van der Waals surface area contributed by atoms with Gasteiger partial charge in [-0.05, 0) is 49.1 Å². The quantitative estimate of drug-likeness (QED) is 0.501. The van der Waals surface area contributed by atoms with Gasteiger partial charge < -0.3 is 21.1 Å². The number of carbonyl (C=O) groups excluding carboxylic acids is 1. The van der Waals surface area contributed by atoms with Crippen LogP contribution in [0.1, 0.15) is 41.0 Å². The highest BCUT2D eigenvalue weighted by atomic mass is 32.1. The van der Waals surface area contributed by atoms with Crippen LogP contribution in [0, 0.1) is 12.8 Å². The average molecular weight is 445 g/mol. The van der Waals surface area contributed by atoms with Gasteiger partial charge in [0, 0.05) is 31.7 Å². The van der Waals surface area contributed by atoms with Crippen LogP contribution in [0.4, 0.5) is 11.4 Å². The predicted octanol–water partition coefficient (Wildman–Crippen LogP) is 1.77. The number of nitrogens with two attached hydrogens (primary N) is 2. The van der Waals surface area contributed by atoms with Crippen LogP contribution < -0.4 is 16.4 Å². The van der Waals surface area contributed by atoms with Crippen molar-refractivity contribution in [2.45, 2.75) is 39.7 Å². The predicted molar refractivity (Wildman–Crippen MR) is 120 cm³/mol. The number of hydrogen-bond donors (Lipinski definition) is 2. The van der Waals surface area contributed by atoms with E-state index in [1.54, 1.807) is 4.68 Å². The molecular formula is C20H28N8O2S. The number of amides is 1. The normalized spacial score (nSPS) is 16.8. The van der Waals surface area contributed by atoms with Gasteiger partial charge in [-0.15, -0.1) is 16.4 Å². The molecule has 4 N–H and O–H groups in total. The molecule has 0 saturated carbocycles. The van der Waals surface area contributed by atoms with E-state index in [2.05, 4.69) is 25.4 Å². The van der Waals surface area contributed by atoms with Crippen LogP contribution in [0.3, 0.4) is 0 Å². The van der Waals surface area contributed by atoms with E-state index < -0.39 is 5.91 Å². The Morgan fingerprint density at radius 2 is 2.26 bits per heavy atom. The Kier molecular flexibility index (Phi) is 6.33. The second-order valence-electron chi connectivity index (χ2n) is 7.86. The summed E-state index contributed by atoms with van der Waals surface area (Å²) in [5.74, 6) is 0.749. The lowest BCUT2D eigenvalue weighted by atomic mass is 9.98. The SMILES string of the molecule is CCn1nnnc1CCOC[C@H]1CCCN(c2cc(C)nc3sc(C(N)=O)c(N)c23)C1. The second kappa shape index (κ2) is 9.15. The molecule has 1 fully saturated rings. The van der Waals surface area contributed by atoms with Crippen molar-refractivity contribution in [2.75, 3.05) is 36.9 Å². The van der Waals surface area contributed by atoms with E-state index in [-0.39, 0.29) is 0 Å². The fourth-order valence-corrected chi connectivity index (χ4v) is 5.15. The molecule has 3 aromatic heterocycles. The van der Waals surface area contributed by atoms with Crippen LogP contribution in [0.2, 0.25) is 0 Å². The number of ether oxygens (including phenoxy) is 1. The van der Waals surface area contributed by atoms with Gasteiger partial charge in [-0.1, -0.05) is 0 Å². The molecule has 1 saturated heterocycles. The molecule has 11 heteroatoms. The fraction of sp³-hybridized carbons (Fsp3) is 0.550. The lowest BCUT2D eigenvalue weighted by Crippen LogP contribution is -2.37. The molecule has 1 aliphatic heterocycles. The number of thiophene rings is 1. The van der Waals surface area contributed by atoms with Gasteiger partial charge in [0.15, 0.2) is 5.82 Å². The molecule has 0 aromatic carbocycles. The molecule has 4 rings (SSSR count). The number of aromatic nitrogens is 5. The van der Waals surface area contributed by atoms with E-state index in [9.17, 15) is 4.79 Å². The van der Waals surface area contributed by atoms with Crippen LogP contribution in [-0.2, 0) is 17.7 Å². The minimum Gasteiger partial charge on any atom is -0.397 e. The maximum Gasteiger partial charge on any atom is 0.260 e. The molecule has 1 aliphatic rings. The molecule has 0 spiro atoms. The Bertz CT molecular complexity index is 1080. The number of carbonyl (C=O) groups is 1. The van der Waals surface area contributed by atoms with Crippen molar-refractivity contribution in [2.24, 2.45) is 11.7 Å². The van der Waals surface area contributed by atoms with Crippen molar-refractivity contribution in [3.63, 3.8) is 0 Å². The number of nitrogens with zero attached hydrogens (tertiary/aromatic N) is 6. The zero-order chi connectivity index (χ0) is 22.0. The summed E-state index contributed by atoms with van der Waals surface area (Å²) in [6.45, 7) is 7.80. The van der Waals surface area contributed by atoms with E-state index in [0.29, 0.717) is 36.1 Å². The number of pyridine rings is 1. The number of fused-ring (bicyclic) bond motifs is 1. The third-order valence-electron chi connectivity index (χ3n) is 5.62. The van der Waals surface area contributed by atoms with Gasteiger partial charge in [0.05, 0.1) is 30.0 Å². The van der Waals surface area contributed by atoms with Crippen molar-refractivity contribution in [3.8, 4) is 0 Å². The first-order chi connectivity index (χ1) is 15.0. The molecule has 10 nitrogen and oxygen atoms in total. The first kappa shape index (κ1) is 21.4. The Morgan fingerprint density at radius 1 is 1.42 bits per heavy atom. The summed E-state index contributed by atoms with van der Waals surface area (Å²) in [7, 11) is 0. The Morgan fingerprint density at radius 3 is 3.03 bits per heavy atom. The standard InChI is InChI=1S/C20H28N8O2S/c1-3-28-15(24-25-26-28)6-8-30-11-13-5-4-7-27(10-13)14-9-12(2)23-20-16(14)17(21)18(31-20)19(22)29/h9,13H,3-8,10-11,21H2,1-2H3,(H2,22,29)/t13-/m0/s1. The summed E-state index contributed by atoms with van der Waals surface area (Å²) < 4.78 is 7.75. The zero-order valence-electron chi connectivity index (χ0n) is 17.9. The molecule has 0 unspecified atom stereocenters. The molecule has 0 radical (unpaired) electrons. The molecule has 3 aromatic rings. The third-order valence-corrected chi connectivity index (χ3v) is 6.73. The van der Waals surface area contributed by atoms with Crippen molar-refractivity contribution in [1.29, 1.82) is 0 Å². The van der Waals surface area contributed by atoms with Gasteiger partial charge in [0.2, 0.25) is 0 Å². The molecule has 31 heavy (non-hydrogen) atoms. The molecule has 0 bridgehead atoms. The minimum atomic E-state index is -0.511. The number of anilines is 2. The maximum atomic E-state index is 11.8. The molecule has 0 aliphatic carbocycles. The van der Waals surface area contributed by atoms with E-state index in [1.165, 1.54) is 11.3 Å². The summed E-state index contributed by atoms with van der Waals surface area (Å²) >= 11 is 1.26. The molecule has 1 atom stereocenters. The largest absolute Gasteiger partial charge is 0.397 e. The Hall–Kier alpha value is -2.79. The van der Waals surface area contributed by atoms with Crippen LogP contribution >= 0.6 is 11.3 Å². The monoisotopic (exact) mass is 444 g/mol. The van der Waals surface area contributed by atoms with Gasteiger partial charge >= 0.3 is 0 Å². The van der Waals surface area contributed by atoms with Gasteiger partial charge in [-0.25, -0.2) is 9.67 Å². The Balaban J connectivity index is 1.43. The van der Waals surface area contributed by atoms with Crippen molar-refractivity contribution in [3.05, 3.63) is 22.5 Å². The van der Waals surface area contributed by atoms with Gasteiger partial charge in [0.1, 0.15) is 9.71 Å². The molecular weight excluding hydrogens is 416 g/mol. The van der Waals surface area contributed by atoms with E-state index >= 15 is 0 Å². The second-order valence-corrected chi connectivity index (χ2v) is 8.86. The topological polar surface area (TPSA) is 138 Å². The summed E-state index contributed by atoms with van der Waals surface area (Å²) in [6, 6.07) is 2.05. The highest BCUT2D eigenvalue weighted by Crippen LogP contribution is 2.40. The molecule has 166 valence electrons. The van der Waals surface area contributed by atoms with Crippen molar-refractivity contribution >= 4 is 38.8 Å². The number of rotatable bonds is 8.